The van der Waals surface area contributed by atoms with Crippen LogP contribution in [0.4, 0.5) is 5.69 Å². The molecule has 1 saturated heterocycles. The Balaban J connectivity index is 0.00000264. The molecule has 0 bridgehead atoms. The SMILES string of the molecule is C[C@H]1OCCN[C@@H]1C(=O)Nc1ccc(CC(=O)N(C)C)cc1.Cl. The maximum absolute atomic E-state index is 12.2. The fourth-order valence-corrected chi connectivity index (χ4v) is 2.29. The summed E-state index contributed by atoms with van der Waals surface area (Å²) in [5, 5.41) is 6.02. The van der Waals surface area contributed by atoms with E-state index in [1.807, 2.05) is 31.2 Å². The van der Waals surface area contributed by atoms with Gasteiger partial charge in [-0.2, -0.15) is 0 Å². The van der Waals surface area contributed by atoms with Gasteiger partial charge < -0.3 is 20.3 Å². The van der Waals surface area contributed by atoms with Crippen molar-refractivity contribution in [1.82, 2.24) is 10.2 Å². The van der Waals surface area contributed by atoms with Gasteiger partial charge in [0.2, 0.25) is 11.8 Å². The van der Waals surface area contributed by atoms with E-state index in [1.54, 1.807) is 19.0 Å². The van der Waals surface area contributed by atoms with Crippen LogP contribution in [0.25, 0.3) is 0 Å². The van der Waals surface area contributed by atoms with Crippen LogP contribution >= 0.6 is 12.4 Å². The highest BCUT2D eigenvalue weighted by Crippen LogP contribution is 2.13. The number of carbonyl (C=O) groups excluding carboxylic acids is 2. The molecule has 0 aromatic heterocycles. The number of hydrogen-bond acceptors (Lipinski definition) is 4. The summed E-state index contributed by atoms with van der Waals surface area (Å²) in [6, 6.07) is 6.98. The van der Waals surface area contributed by atoms with Gasteiger partial charge in [-0.25, -0.2) is 0 Å². The number of nitrogens with zero attached hydrogens (tertiary/aromatic N) is 1. The highest BCUT2D eigenvalue weighted by atomic mass is 35.5. The van der Waals surface area contributed by atoms with Gasteiger partial charge in [0.05, 0.1) is 19.1 Å². The van der Waals surface area contributed by atoms with Gasteiger partial charge in [0.1, 0.15) is 6.04 Å². The molecule has 2 N–H and O–H groups in total. The van der Waals surface area contributed by atoms with E-state index in [0.29, 0.717) is 25.3 Å². The van der Waals surface area contributed by atoms with Crippen LogP contribution in [0.1, 0.15) is 12.5 Å². The summed E-state index contributed by atoms with van der Waals surface area (Å²) in [5.74, 6) is -0.0570. The van der Waals surface area contributed by atoms with Crippen molar-refractivity contribution >= 4 is 29.9 Å². The van der Waals surface area contributed by atoms with Crippen LogP contribution in [-0.2, 0) is 20.7 Å². The van der Waals surface area contributed by atoms with E-state index in [4.69, 9.17) is 4.74 Å². The molecule has 1 heterocycles. The summed E-state index contributed by atoms with van der Waals surface area (Å²) in [4.78, 5) is 25.4. The number of benzene rings is 1. The summed E-state index contributed by atoms with van der Waals surface area (Å²) in [6.45, 7) is 3.18. The lowest BCUT2D eigenvalue weighted by atomic mass is 10.1. The third-order valence-corrected chi connectivity index (χ3v) is 3.67. The molecule has 0 aliphatic carbocycles. The Kier molecular flexibility index (Phi) is 7.48. The van der Waals surface area contributed by atoms with Crippen molar-refractivity contribution < 1.29 is 14.3 Å². The quantitative estimate of drug-likeness (QED) is 0.859. The number of rotatable bonds is 4. The smallest absolute Gasteiger partial charge is 0.244 e. The predicted molar refractivity (Wildman–Crippen MR) is 91.9 cm³/mol. The summed E-state index contributed by atoms with van der Waals surface area (Å²) < 4.78 is 5.47. The summed E-state index contributed by atoms with van der Waals surface area (Å²) >= 11 is 0. The Morgan fingerprint density at radius 1 is 1.30 bits per heavy atom. The fourth-order valence-electron chi connectivity index (χ4n) is 2.29. The van der Waals surface area contributed by atoms with Crippen LogP contribution in [-0.4, -0.2) is 56.1 Å². The van der Waals surface area contributed by atoms with Crippen LogP contribution in [0.15, 0.2) is 24.3 Å². The number of anilines is 1. The van der Waals surface area contributed by atoms with E-state index in [2.05, 4.69) is 10.6 Å². The van der Waals surface area contributed by atoms with E-state index >= 15 is 0 Å². The Labute approximate surface area is 143 Å². The molecule has 1 fully saturated rings. The zero-order valence-electron chi connectivity index (χ0n) is 13.7. The Hall–Kier alpha value is -1.63. The number of halogens is 1. The van der Waals surface area contributed by atoms with Crippen LogP contribution in [0.2, 0.25) is 0 Å². The van der Waals surface area contributed by atoms with Crippen molar-refractivity contribution in [3.8, 4) is 0 Å². The number of morpholine rings is 1. The van der Waals surface area contributed by atoms with Crippen molar-refractivity contribution in [3.05, 3.63) is 29.8 Å². The standard InChI is InChI=1S/C16H23N3O3.ClH/c1-11-15(17-8-9-22-11)16(21)18-13-6-4-12(5-7-13)10-14(20)19(2)3;/h4-7,11,15,17H,8-10H2,1-3H3,(H,18,21);1H/t11-,15+;/m1./s1. The van der Waals surface area contributed by atoms with Crippen molar-refractivity contribution in [3.63, 3.8) is 0 Å². The lowest BCUT2D eigenvalue weighted by Crippen LogP contribution is -2.53. The molecule has 0 spiro atoms. The molecule has 128 valence electrons. The molecule has 2 atom stereocenters. The van der Waals surface area contributed by atoms with E-state index in [0.717, 1.165) is 5.56 Å². The van der Waals surface area contributed by atoms with E-state index in [-0.39, 0.29) is 36.4 Å². The summed E-state index contributed by atoms with van der Waals surface area (Å²) in [7, 11) is 3.47. The molecule has 0 saturated carbocycles. The van der Waals surface area contributed by atoms with Crippen molar-refractivity contribution in [2.45, 2.75) is 25.5 Å². The van der Waals surface area contributed by atoms with Crippen molar-refractivity contribution in [2.24, 2.45) is 0 Å². The first-order chi connectivity index (χ1) is 10.5. The number of ether oxygens (including phenoxy) is 1. The number of amides is 2. The first-order valence-electron chi connectivity index (χ1n) is 7.42. The van der Waals surface area contributed by atoms with Gasteiger partial charge in [-0.05, 0) is 24.6 Å². The largest absolute Gasteiger partial charge is 0.375 e. The molecular formula is C16H24ClN3O3. The lowest BCUT2D eigenvalue weighted by molar-refractivity contribution is -0.128. The van der Waals surface area contributed by atoms with Crippen LogP contribution in [0.3, 0.4) is 0 Å². The number of nitrogens with one attached hydrogen (secondary N) is 2. The average molecular weight is 342 g/mol. The van der Waals surface area contributed by atoms with E-state index in [1.165, 1.54) is 0 Å². The minimum atomic E-state index is -0.344. The second-order valence-electron chi connectivity index (χ2n) is 5.66. The molecule has 1 aromatic carbocycles. The van der Waals surface area contributed by atoms with E-state index in [9.17, 15) is 9.59 Å². The second-order valence-corrected chi connectivity index (χ2v) is 5.66. The molecule has 2 amide bonds. The molecule has 0 radical (unpaired) electrons. The van der Waals surface area contributed by atoms with Gasteiger partial charge in [-0.15, -0.1) is 12.4 Å². The molecule has 0 unspecified atom stereocenters. The lowest BCUT2D eigenvalue weighted by Gasteiger charge is -2.29. The summed E-state index contributed by atoms with van der Waals surface area (Å²) in [5.41, 5.74) is 1.63. The zero-order chi connectivity index (χ0) is 16.1. The fraction of sp³-hybridized carbons (Fsp3) is 0.500. The summed E-state index contributed by atoms with van der Waals surface area (Å²) in [6.07, 6.45) is 0.210. The topological polar surface area (TPSA) is 70.7 Å². The monoisotopic (exact) mass is 341 g/mol. The van der Waals surface area contributed by atoms with Gasteiger partial charge in [-0.3, -0.25) is 9.59 Å². The Bertz CT molecular complexity index is 534. The molecule has 2 rings (SSSR count). The van der Waals surface area contributed by atoms with E-state index < -0.39 is 0 Å². The highest BCUT2D eigenvalue weighted by molar-refractivity contribution is 5.95. The van der Waals surface area contributed by atoms with Crippen molar-refractivity contribution in [2.75, 3.05) is 32.6 Å². The highest BCUT2D eigenvalue weighted by Gasteiger charge is 2.28. The predicted octanol–water partition coefficient (Wildman–Crippen LogP) is 1.05. The van der Waals surface area contributed by atoms with Crippen LogP contribution in [0, 0.1) is 0 Å². The molecule has 1 aromatic rings. The van der Waals surface area contributed by atoms with Gasteiger partial charge in [0, 0.05) is 26.3 Å². The Morgan fingerprint density at radius 2 is 1.96 bits per heavy atom. The first kappa shape index (κ1) is 19.4. The van der Waals surface area contributed by atoms with Gasteiger partial charge in [0.15, 0.2) is 0 Å². The average Bonchev–Trinajstić information content (AvgIpc) is 2.49. The molecule has 6 nitrogen and oxygen atoms in total. The minimum absolute atomic E-state index is 0. The second kappa shape index (κ2) is 8.86. The third-order valence-electron chi connectivity index (χ3n) is 3.67. The van der Waals surface area contributed by atoms with Crippen LogP contribution in [0.5, 0.6) is 0 Å². The Morgan fingerprint density at radius 3 is 2.52 bits per heavy atom. The molecule has 23 heavy (non-hydrogen) atoms. The molecule has 1 aliphatic heterocycles. The minimum Gasteiger partial charge on any atom is -0.375 e. The van der Waals surface area contributed by atoms with Gasteiger partial charge in [-0.1, -0.05) is 12.1 Å². The maximum atomic E-state index is 12.2. The molecule has 7 heteroatoms. The van der Waals surface area contributed by atoms with Crippen molar-refractivity contribution in [1.29, 1.82) is 0 Å². The van der Waals surface area contributed by atoms with Gasteiger partial charge >= 0.3 is 0 Å². The number of likely N-dealkylation sites (N-methyl/N-ethyl adjacent to an activating group) is 1. The third kappa shape index (κ3) is 5.49. The van der Waals surface area contributed by atoms with Crippen LogP contribution < -0.4 is 10.6 Å². The molecular weight excluding hydrogens is 318 g/mol. The molecule has 1 aliphatic rings. The number of carbonyl (C=O) groups is 2. The first-order valence-corrected chi connectivity index (χ1v) is 7.42. The number of hydrogen-bond donors (Lipinski definition) is 2. The zero-order valence-corrected chi connectivity index (χ0v) is 14.5. The maximum Gasteiger partial charge on any atom is 0.244 e. The van der Waals surface area contributed by atoms with Gasteiger partial charge in [0.25, 0.3) is 0 Å². The normalized spacial score (nSPS) is 20.3.